The molecule has 0 bridgehead atoms. The Kier molecular flexibility index (Phi) is 10.9. The van der Waals surface area contributed by atoms with Crippen LogP contribution in [-0.2, 0) is 16.0 Å². The van der Waals surface area contributed by atoms with Crippen molar-refractivity contribution >= 4 is 41.5 Å². The van der Waals surface area contributed by atoms with Crippen LogP contribution in [0.4, 0.5) is 0 Å². The van der Waals surface area contributed by atoms with E-state index in [4.69, 9.17) is 21.1 Å². The number of hydrogen-bond donors (Lipinski definition) is 1. The monoisotopic (exact) mass is 547 g/mol. The predicted molar refractivity (Wildman–Crippen MR) is 131 cm³/mol. The van der Waals surface area contributed by atoms with Crippen LogP contribution in [0.25, 0.3) is 5.69 Å². The first kappa shape index (κ1) is 24.9. The number of guanidine groups is 1. The van der Waals surface area contributed by atoms with E-state index in [1.165, 1.54) is 0 Å². The van der Waals surface area contributed by atoms with Crippen LogP contribution in [0.3, 0.4) is 0 Å². The summed E-state index contributed by atoms with van der Waals surface area (Å²) < 4.78 is 12.9. The molecule has 166 valence electrons. The third-order valence-electron chi connectivity index (χ3n) is 4.98. The Balaban J connectivity index is 0.00000320. The van der Waals surface area contributed by atoms with Gasteiger partial charge in [0.1, 0.15) is 0 Å². The fourth-order valence-electron chi connectivity index (χ4n) is 3.39. The Morgan fingerprint density at radius 2 is 1.97 bits per heavy atom. The number of methoxy groups -OCH3 is 1. The summed E-state index contributed by atoms with van der Waals surface area (Å²) in [5, 5.41) is 8.61. The molecule has 0 radical (unpaired) electrons. The van der Waals surface area contributed by atoms with Gasteiger partial charge in [0.25, 0.3) is 0 Å². The maximum atomic E-state index is 5.95. The van der Waals surface area contributed by atoms with Gasteiger partial charge < -0.3 is 19.7 Å². The number of benzene rings is 1. The van der Waals surface area contributed by atoms with Crippen LogP contribution in [-0.4, -0.2) is 67.2 Å². The lowest BCUT2D eigenvalue weighted by molar-refractivity contribution is 0.00989. The lowest BCUT2D eigenvalue weighted by atomic mass is 10.1. The molecule has 0 spiro atoms. The molecule has 30 heavy (non-hydrogen) atoms. The molecule has 2 aromatic rings. The zero-order valence-corrected chi connectivity index (χ0v) is 20.7. The van der Waals surface area contributed by atoms with Gasteiger partial charge in [0.2, 0.25) is 0 Å². The summed E-state index contributed by atoms with van der Waals surface area (Å²) in [5.74, 6) is 0.919. The maximum Gasteiger partial charge on any atom is 0.193 e. The number of nitrogens with one attached hydrogen (secondary N) is 1. The van der Waals surface area contributed by atoms with Crippen LogP contribution in [0.1, 0.15) is 24.8 Å². The standard InChI is InChI=1S/C21H30ClN5O2.HI/c1-23-21(26-10-8-20(9-11-26)29-13-3-12-28-2)24-14-17-15-25-27(16-17)19-6-4-18(22)5-7-19;/h4-7,15-16,20H,3,8-14H2,1-2H3,(H,23,24);1H. The lowest BCUT2D eigenvalue weighted by Gasteiger charge is -2.34. The molecule has 0 atom stereocenters. The molecule has 1 aromatic heterocycles. The van der Waals surface area contributed by atoms with E-state index >= 15 is 0 Å². The molecule has 1 saturated heterocycles. The smallest absolute Gasteiger partial charge is 0.193 e. The number of hydrogen-bond acceptors (Lipinski definition) is 4. The number of aromatic nitrogens is 2. The SMILES string of the molecule is CN=C(NCc1cnn(-c2ccc(Cl)cc2)c1)N1CCC(OCCCOC)CC1.I. The Bertz CT molecular complexity index is 776. The first-order valence-electron chi connectivity index (χ1n) is 10.0. The average molecular weight is 548 g/mol. The van der Waals surface area contributed by atoms with Gasteiger partial charge in [0.05, 0.1) is 18.0 Å². The van der Waals surface area contributed by atoms with Crippen LogP contribution in [0.2, 0.25) is 5.02 Å². The van der Waals surface area contributed by atoms with Crippen LogP contribution in [0.15, 0.2) is 41.7 Å². The minimum Gasteiger partial charge on any atom is -0.385 e. The molecular weight excluding hydrogens is 517 g/mol. The van der Waals surface area contributed by atoms with Crippen molar-refractivity contribution in [1.82, 2.24) is 20.0 Å². The number of likely N-dealkylation sites (tertiary alicyclic amines) is 1. The van der Waals surface area contributed by atoms with E-state index in [0.717, 1.165) is 67.8 Å². The third-order valence-corrected chi connectivity index (χ3v) is 5.23. The van der Waals surface area contributed by atoms with Crippen molar-refractivity contribution in [3.8, 4) is 5.69 Å². The summed E-state index contributed by atoms with van der Waals surface area (Å²) in [6.07, 6.45) is 7.20. The molecule has 7 nitrogen and oxygen atoms in total. The molecule has 0 unspecified atom stereocenters. The van der Waals surface area contributed by atoms with Crippen molar-refractivity contribution in [3.63, 3.8) is 0 Å². The van der Waals surface area contributed by atoms with Gasteiger partial charge in [0.15, 0.2) is 5.96 Å². The third kappa shape index (κ3) is 7.40. The van der Waals surface area contributed by atoms with Crippen molar-refractivity contribution < 1.29 is 9.47 Å². The van der Waals surface area contributed by atoms with E-state index < -0.39 is 0 Å². The summed E-state index contributed by atoms with van der Waals surface area (Å²) >= 11 is 5.95. The van der Waals surface area contributed by atoms with Crippen molar-refractivity contribution in [3.05, 3.63) is 47.2 Å². The van der Waals surface area contributed by atoms with Crippen LogP contribution in [0.5, 0.6) is 0 Å². The number of rotatable bonds is 8. The first-order chi connectivity index (χ1) is 14.2. The van der Waals surface area contributed by atoms with Crippen molar-refractivity contribution in [2.75, 3.05) is 40.5 Å². The van der Waals surface area contributed by atoms with Gasteiger partial charge >= 0.3 is 0 Å². The Morgan fingerprint density at radius 1 is 1.23 bits per heavy atom. The first-order valence-corrected chi connectivity index (χ1v) is 10.4. The minimum absolute atomic E-state index is 0. The van der Waals surface area contributed by atoms with Crippen LogP contribution in [0, 0.1) is 0 Å². The summed E-state index contributed by atoms with van der Waals surface area (Å²) in [4.78, 5) is 6.74. The number of ether oxygens (including phenoxy) is 2. The largest absolute Gasteiger partial charge is 0.385 e. The number of halogens is 2. The maximum absolute atomic E-state index is 5.95. The van der Waals surface area contributed by atoms with E-state index in [1.807, 2.05) is 48.4 Å². The normalized spacial score (nSPS) is 15.2. The lowest BCUT2D eigenvalue weighted by Crippen LogP contribution is -2.46. The molecule has 0 saturated carbocycles. The van der Waals surface area contributed by atoms with Gasteiger partial charge in [-0.3, -0.25) is 4.99 Å². The molecule has 2 heterocycles. The van der Waals surface area contributed by atoms with Gasteiger partial charge in [-0.05, 0) is 43.5 Å². The zero-order chi connectivity index (χ0) is 20.5. The second kappa shape index (κ2) is 13.1. The zero-order valence-electron chi connectivity index (χ0n) is 17.6. The number of aliphatic imine (C=N–C) groups is 1. The van der Waals surface area contributed by atoms with E-state index in [2.05, 4.69) is 20.3 Å². The highest BCUT2D eigenvalue weighted by Crippen LogP contribution is 2.15. The molecule has 1 aliphatic rings. The van der Waals surface area contributed by atoms with Gasteiger partial charge in [0, 0.05) is 63.8 Å². The van der Waals surface area contributed by atoms with Crippen molar-refractivity contribution in [1.29, 1.82) is 0 Å². The highest BCUT2D eigenvalue weighted by molar-refractivity contribution is 14.0. The molecule has 1 fully saturated rings. The Labute approximate surface area is 200 Å². The molecular formula is C21H31ClIN5O2. The van der Waals surface area contributed by atoms with Gasteiger partial charge in [-0.1, -0.05) is 11.6 Å². The van der Waals surface area contributed by atoms with E-state index in [-0.39, 0.29) is 24.0 Å². The average Bonchev–Trinajstić information content (AvgIpc) is 3.22. The fraction of sp³-hybridized carbons (Fsp3) is 0.524. The summed E-state index contributed by atoms with van der Waals surface area (Å²) in [6, 6.07) is 7.63. The predicted octanol–water partition coefficient (Wildman–Crippen LogP) is 3.74. The molecule has 1 aromatic carbocycles. The minimum atomic E-state index is 0. The van der Waals surface area contributed by atoms with Crippen molar-refractivity contribution in [2.45, 2.75) is 31.9 Å². The Hall–Kier alpha value is -1.36. The molecule has 1 aliphatic heterocycles. The molecule has 1 N–H and O–H groups in total. The van der Waals surface area contributed by atoms with Crippen LogP contribution >= 0.6 is 35.6 Å². The molecule has 0 amide bonds. The molecule has 9 heteroatoms. The summed E-state index contributed by atoms with van der Waals surface area (Å²) in [6.45, 7) is 4.08. The number of piperidine rings is 1. The summed E-state index contributed by atoms with van der Waals surface area (Å²) in [7, 11) is 3.55. The van der Waals surface area contributed by atoms with Gasteiger partial charge in [-0.15, -0.1) is 24.0 Å². The quantitative estimate of drug-likeness (QED) is 0.236. The second-order valence-electron chi connectivity index (χ2n) is 7.07. The van der Waals surface area contributed by atoms with Gasteiger partial charge in [-0.2, -0.15) is 5.10 Å². The fourth-order valence-corrected chi connectivity index (χ4v) is 3.51. The molecule has 3 rings (SSSR count). The molecule has 0 aliphatic carbocycles. The Morgan fingerprint density at radius 3 is 2.63 bits per heavy atom. The topological polar surface area (TPSA) is 63.9 Å². The summed E-state index contributed by atoms with van der Waals surface area (Å²) in [5.41, 5.74) is 2.08. The van der Waals surface area contributed by atoms with Crippen molar-refractivity contribution in [2.24, 2.45) is 4.99 Å². The van der Waals surface area contributed by atoms with E-state index in [9.17, 15) is 0 Å². The second-order valence-corrected chi connectivity index (χ2v) is 7.51. The van der Waals surface area contributed by atoms with E-state index in [0.29, 0.717) is 12.6 Å². The van der Waals surface area contributed by atoms with Gasteiger partial charge in [-0.25, -0.2) is 4.68 Å². The van der Waals surface area contributed by atoms with E-state index in [1.54, 1.807) is 7.11 Å². The number of nitrogens with zero attached hydrogens (tertiary/aromatic N) is 4. The highest BCUT2D eigenvalue weighted by atomic mass is 127. The highest BCUT2D eigenvalue weighted by Gasteiger charge is 2.21. The van der Waals surface area contributed by atoms with Crippen LogP contribution < -0.4 is 5.32 Å².